The summed E-state index contributed by atoms with van der Waals surface area (Å²) in [4.78, 5) is 34.8. The van der Waals surface area contributed by atoms with Gasteiger partial charge in [-0.25, -0.2) is 4.79 Å². The average Bonchev–Trinajstić information content (AvgIpc) is 2.59. The second-order valence-electron chi connectivity index (χ2n) is 6.27. The minimum absolute atomic E-state index is 0.136. The molecule has 0 spiro atoms. The Bertz CT molecular complexity index is 752. The van der Waals surface area contributed by atoms with Crippen LogP contribution >= 0.6 is 0 Å². The number of fused-ring (bicyclic) bond motifs is 1. The topological polar surface area (TPSA) is 72.4 Å². The maximum atomic E-state index is 12.4. The van der Waals surface area contributed by atoms with Crippen molar-refractivity contribution >= 4 is 22.9 Å². The fourth-order valence-corrected chi connectivity index (χ4v) is 3.29. The van der Waals surface area contributed by atoms with E-state index >= 15 is 0 Å². The summed E-state index contributed by atoms with van der Waals surface area (Å²) in [6.45, 7) is 3.85. The molecule has 24 heavy (non-hydrogen) atoms. The highest BCUT2D eigenvalue weighted by Gasteiger charge is 2.29. The number of aromatic nitrogens is 2. The molecule has 1 aromatic heterocycles. The van der Waals surface area contributed by atoms with Crippen LogP contribution < -0.4 is 0 Å². The summed E-state index contributed by atoms with van der Waals surface area (Å²) in [6.07, 6.45) is 6.28. The van der Waals surface area contributed by atoms with Crippen LogP contribution in [0.15, 0.2) is 30.6 Å². The molecule has 0 unspecified atom stereocenters. The Morgan fingerprint density at radius 3 is 2.50 bits per heavy atom. The van der Waals surface area contributed by atoms with Crippen molar-refractivity contribution in [2.75, 3.05) is 6.61 Å². The molecule has 2 aromatic rings. The van der Waals surface area contributed by atoms with Crippen molar-refractivity contribution in [2.24, 2.45) is 0 Å². The molecule has 2 atom stereocenters. The van der Waals surface area contributed by atoms with E-state index in [1.807, 2.05) is 18.7 Å². The van der Waals surface area contributed by atoms with Crippen molar-refractivity contribution in [3.63, 3.8) is 0 Å². The van der Waals surface area contributed by atoms with E-state index in [2.05, 4.69) is 9.97 Å². The molecular weight excluding hydrogens is 306 g/mol. The lowest BCUT2D eigenvalue weighted by Crippen LogP contribution is -2.49. The number of amides is 1. The second kappa shape index (κ2) is 6.95. The number of carbonyl (C=O) groups is 2. The fourth-order valence-electron chi connectivity index (χ4n) is 3.29. The van der Waals surface area contributed by atoms with Crippen molar-refractivity contribution in [2.45, 2.75) is 45.2 Å². The number of esters is 1. The number of ether oxygens (including phenoxy) is 1. The molecule has 1 saturated heterocycles. The molecule has 6 heteroatoms. The minimum Gasteiger partial charge on any atom is -0.452 e. The SMILES string of the molecule is C[C@@H]1CCC[C@@H](C)N1C(=O)COC(=O)c1ccc2nccnc2c1. The number of carbonyl (C=O) groups excluding carboxylic acids is 2. The summed E-state index contributed by atoms with van der Waals surface area (Å²) in [7, 11) is 0. The van der Waals surface area contributed by atoms with E-state index in [0.29, 0.717) is 16.6 Å². The van der Waals surface area contributed by atoms with Crippen LogP contribution in [0.4, 0.5) is 0 Å². The van der Waals surface area contributed by atoms with Crippen molar-refractivity contribution < 1.29 is 14.3 Å². The van der Waals surface area contributed by atoms with Gasteiger partial charge in [-0.1, -0.05) is 0 Å². The van der Waals surface area contributed by atoms with E-state index in [1.54, 1.807) is 30.6 Å². The molecule has 1 aromatic carbocycles. The molecular formula is C18H21N3O3. The molecule has 1 aliphatic rings. The van der Waals surface area contributed by atoms with E-state index in [0.717, 1.165) is 19.3 Å². The molecule has 0 N–H and O–H groups in total. The first-order valence-electron chi connectivity index (χ1n) is 8.25. The Hall–Kier alpha value is -2.50. The van der Waals surface area contributed by atoms with Crippen LogP contribution in [0.1, 0.15) is 43.5 Å². The highest BCUT2D eigenvalue weighted by atomic mass is 16.5. The third-order valence-corrected chi connectivity index (χ3v) is 4.51. The van der Waals surface area contributed by atoms with Gasteiger partial charge in [0.1, 0.15) is 0 Å². The van der Waals surface area contributed by atoms with Crippen molar-refractivity contribution in [1.29, 1.82) is 0 Å². The molecule has 0 bridgehead atoms. The van der Waals surface area contributed by atoms with Crippen LogP contribution in [0.25, 0.3) is 11.0 Å². The molecule has 1 aliphatic heterocycles. The van der Waals surface area contributed by atoms with Gasteiger partial charge < -0.3 is 9.64 Å². The number of hydrogen-bond donors (Lipinski definition) is 0. The van der Waals surface area contributed by atoms with Gasteiger partial charge >= 0.3 is 5.97 Å². The Morgan fingerprint density at radius 1 is 1.12 bits per heavy atom. The van der Waals surface area contributed by atoms with Crippen LogP contribution in [-0.4, -0.2) is 45.4 Å². The first-order valence-corrected chi connectivity index (χ1v) is 8.25. The second-order valence-corrected chi connectivity index (χ2v) is 6.27. The summed E-state index contributed by atoms with van der Waals surface area (Å²) >= 11 is 0. The summed E-state index contributed by atoms with van der Waals surface area (Å²) in [5, 5.41) is 0. The molecule has 0 aliphatic carbocycles. The zero-order chi connectivity index (χ0) is 17.1. The molecule has 6 nitrogen and oxygen atoms in total. The Labute approximate surface area is 140 Å². The Kier molecular flexibility index (Phi) is 4.74. The summed E-state index contributed by atoms with van der Waals surface area (Å²) in [5.41, 5.74) is 1.70. The Morgan fingerprint density at radius 2 is 1.79 bits per heavy atom. The van der Waals surface area contributed by atoms with Crippen molar-refractivity contribution in [1.82, 2.24) is 14.9 Å². The highest BCUT2D eigenvalue weighted by Crippen LogP contribution is 2.22. The summed E-state index contributed by atoms with van der Waals surface area (Å²) < 4.78 is 5.21. The van der Waals surface area contributed by atoms with Gasteiger partial charge in [0.2, 0.25) is 0 Å². The van der Waals surface area contributed by atoms with Gasteiger partial charge in [-0.05, 0) is 51.3 Å². The van der Waals surface area contributed by atoms with E-state index in [4.69, 9.17) is 4.74 Å². The molecule has 2 heterocycles. The number of rotatable bonds is 3. The van der Waals surface area contributed by atoms with Crippen molar-refractivity contribution in [3.8, 4) is 0 Å². The number of nitrogens with zero attached hydrogens (tertiary/aromatic N) is 3. The molecule has 1 amide bonds. The van der Waals surface area contributed by atoms with Crippen LogP contribution in [0.3, 0.4) is 0 Å². The minimum atomic E-state index is -0.520. The lowest BCUT2D eigenvalue weighted by atomic mass is 9.97. The number of hydrogen-bond acceptors (Lipinski definition) is 5. The first-order chi connectivity index (χ1) is 11.6. The largest absolute Gasteiger partial charge is 0.452 e. The monoisotopic (exact) mass is 327 g/mol. The predicted molar refractivity (Wildman–Crippen MR) is 89.4 cm³/mol. The lowest BCUT2D eigenvalue weighted by Gasteiger charge is -2.38. The van der Waals surface area contributed by atoms with Gasteiger partial charge in [0.15, 0.2) is 6.61 Å². The quantitative estimate of drug-likeness (QED) is 0.810. The average molecular weight is 327 g/mol. The maximum absolute atomic E-state index is 12.4. The maximum Gasteiger partial charge on any atom is 0.338 e. The summed E-state index contributed by atoms with van der Waals surface area (Å²) in [6, 6.07) is 5.36. The van der Waals surface area contributed by atoms with Gasteiger partial charge in [-0.15, -0.1) is 0 Å². The van der Waals surface area contributed by atoms with Crippen LogP contribution in [0.5, 0.6) is 0 Å². The predicted octanol–water partition coefficient (Wildman–Crippen LogP) is 2.58. The fraction of sp³-hybridized carbons (Fsp3) is 0.444. The van der Waals surface area contributed by atoms with Gasteiger partial charge in [-0.3, -0.25) is 14.8 Å². The van der Waals surface area contributed by atoms with Gasteiger partial charge in [-0.2, -0.15) is 0 Å². The van der Waals surface area contributed by atoms with Crippen LogP contribution in [0, 0.1) is 0 Å². The van der Waals surface area contributed by atoms with E-state index in [9.17, 15) is 9.59 Å². The standard InChI is InChI=1S/C18H21N3O3/c1-12-4-3-5-13(2)21(12)17(22)11-24-18(23)14-6-7-15-16(10-14)20-9-8-19-15/h6-10,12-13H,3-5,11H2,1-2H3/t12-,13-/m1/s1. The van der Waals surface area contributed by atoms with E-state index < -0.39 is 5.97 Å². The first kappa shape index (κ1) is 16.4. The van der Waals surface area contributed by atoms with Crippen molar-refractivity contribution in [3.05, 3.63) is 36.2 Å². The normalized spacial score (nSPS) is 20.8. The number of piperidine rings is 1. The van der Waals surface area contributed by atoms with Crippen LogP contribution in [-0.2, 0) is 9.53 Å². The molecule has 1 fully saturated rings. The third kappa shape index (κ3) is 3.37. The highest BCUT2D eigenvalue weighted by molar-refractivity contribution is 5.94. The van der Waals surface area contributed by atoms with E-state index in [-0.39, 0.29) is 24.6 Å². The summed E-state index contributed by atoms with van der Waals surface area (Å²) in [5.74, 6) is -0.656. The van der Waals surface area contributed by atoms with Gasteiger partial charge in [0, 0.05) is 24.5 Å². The molecule has 0 saturated carbocycles. The zero-order valence-electron chi connectivity index (χ0n) is 13.9. The molecule has 126 valence electrons. The van der Waals surface area contributed by atoms with Gasteiger partial charge in [0.25, 0.3) is 5.91 Å². The van der Waals surface area contributed by atoms with Gasteiger partial charge in [0.05, 0.1) is 16.6 Å². The molecule has 0 radical (unpaired) electrons. The lowest BCUT2D eigenvalue weighted by molar-refractivity contribution is -0.140. The zero-order valence-corrected chi connectivity index (χ0v) is 13.9. The Balaban J connectivity index is 1.64. The number of benzene rings is 1. The third-order valence-electron chi connectivity index (χ3n) is 4.51. The number of likely N-dealkylation sites (tertiary alicyclic amines) is 1. The molecule has 3 rings (SSSR count). The smallest absolute Gasteiger partial charge is 0.338 e. The van der Waals surface area contributed by atoms with E-state index in [1.165, 1.54) is 0 Å². The van der Waals surface area contributed by atoms with Crippen LogP contribution in [0.2, 0.25) is 0 Å².